The van der Waals surface area contributed by atoms with E-state index in [1.165, 1.54) is 4.90 Å². The van der Waals surface area contributed by atoms with Crippen LogP contribution in [0.3, 0.4) is 0 Å². The molecule has 0 saturated carbocycles. The normalized spacial score (nSPS) is 18.1. The van der Waals surface area contributed by atoms with Crippen LogP contribution in [0.15, 0.2) is 35.2 Å². The highest BCUT2D eigenvalue weighted by molar-refractivity contribution is 8.00. The van der Waals surface area contributed by atoms with Gasteiger partial charge >= 0.3 is 0 Å². The summed E-state index contributed by atoms with van der Waals surface area (Å²) < 4.78 is 5.34. The Kier molecular flexibility index (Phi) is 8.25. The Hall–Kier alpha value is -0.750. The van der Waals surface area contributed by atoms with E-state index < -0.39 is 5.41 Å². The van der Waals surface area contributed by atoms with Gasteiger partial charge in [0.2, 0.25) is 5.91 Å². The molecule has 1 fully saturated rings. The topological polar surface area (TPSA) is 64.4 Å². The van der Waals surface area contributed by atoms with Gasteiger partial charge in [-0.15, -0.1) is 24.2 Å². The minimum Gasteiger partial charge on any atom is -0.381 e. The Morgan fingerprint density at radius 2 is 2.00 bits per heavy atom. The highest BCUT2D eigenvalue weighted by Crippen LogP contribution is 2.30. The molecule has 1 unspecified atom stereocenters. The lowest BCUT2D eigenvalue weighted by molar-refractivity contribution is -0.135. The van der Waals surface area contributed by atoms with Crippen molar-refractivity contribution in [3.05, 3.63) is 30.3 Å². The molecule has 1 amide bonds. The van der Waals surface area contributed by atoms with Crippen LogP contribution in [0.1, 0.15) is 19.8 Å². The number of benzene rings is 1. The summed E-state index contributed by atoms with van der Waals surface area (Å²) >= 11 is 1.77. The van der Waals surface area contributed by atoms with Gasteiger partial charge in [-0.2, -0.15) is 0 Å². The van der Waals surface area contributed by atoms with Crippen molar-refractivity contribution < 1.29 is 9.53 Å². The lowest BCUT2D eigenvalue weighted by atomic mass is 9.79. The number of nitrogens with one attached hydrogen (secondary N) is 1. The predicted molar refractivity (Wildman–Crippen MR) is 93.6 cm³/mol. The van der Waals surface area contributed by atoms with Crippen LogP contribution < -0.4 is 11.1 Å². The summed E-state index contributed by atoms with van der Waals surface area (Å²) in [7, 11) is 0. The zero-order valence-electron chi connectivity index (χ0n) is 12.9. The van der Waals surface area contributed by atoms with Crippen molar-refractivity contribution in [3.8, 4) is 0 Å². The molecule has 1 aromatic rings. The molecule has 1 aliphatic heterocycles. The van der Waals surface area contributed by atoms with Crippen LogP contribution in [-0.2, 0) is 9.53 Å². The van der Waals surface area contributed by atoms with Gasteiger partial charge in [0.25, 0.3) is 0 Å². The Labute approximate surface area is 143 Å². The third-order valence-electron chi connectivity index (χ3n) is 3.95. The summed E-state index contributed by atoms with van der Waals surface area (Å²) in [5.41, 5.74) is 5.41. The summed E-state index contributed by atoms with van der Waals surface area (Å²) in [6, 6.07) is 10.2. The highest BCUT2D eigenvalue weighted by Gasteiger charge is 2.38. The molecule has 2 rings (SSSR count). The molecular weight excluding hydrogens is 320 g/mol. The molecule has 1 heterocycles. The molecule has 22 heavy (non-hydrogen) atoms. The Bertz CT molecular complexity index is 453. The van der Waals surface area contributed by atoms with E-state index in [0.29, 0.717) is 31.6 Å². The summed E-state index contributed by atoms with van der Waals surface area (Å²) in [6.07, 6.45) is 1.44. The second kappa shape index (κ2) is 9.40. The fourth-order valence-electron chi connectivity index (χ4n) is 2.48. The van der Waals surface area contributed by atoms with E-state index >= 15 is 0 Å². The van der Waals surface area contributed by atoms with Crippen molar-refractivity contribution in [2.75, 3.05) is 26.3 Å². The smallest absolute Gasteiger partial charge is 0.227 e. The van der Waals surface area contributed by atoms with Gasteiger partial charge < -0.3 is 15.8 Å². The number of ether oxygens (including phenoxy) is 1. The van der Waals surface area contributed by atoms with E-state index in [-0.39, 0.29) is 18.3 Å². The van der Waals surface area contributed by atoms with E-state index in [1.807, 2.05) is 18.2 Å². The highest BCUT2D eigenvalue weighted by atomic mass is 35.5. The van der Waals surface area contributed by atoms with Crippen molar-refractivity contribution in [2.45, 2.75) is 29.9 Å². The lowest BCUT2D eigenvalue weighted by Crippen LogP contribution is -2.50. The van der Waals surface area contributed by atoms with Crippen LogP contribution in [0.2, 0.25) is 0 Å². The molecule has 1 aromatic carbocycles. The van der Waals surface area contributed by atoms with Crippen molar-refractivity contribution >= 4 is 30.1 Å². The van der Waals surface area contributed by atoms with Crippen LogP contribution in [0.25, 0.3) is 0 Å². The number of nitrogens with two attached hydrogens (primary N) is 1. The average Bonchev–Trinajstić information content (AvgIpc) is 2.54. The zero-order valence-corrected chi connectivity index (χ0v) is 14.6. The molecule has 1 saturated heterocycles. The molecule has 1 aliphatic rings. The molecule has 0 spiro atoms. The molecule has 0 bridgehead atoms. The van der Waals surface area contributed by atoms with E-state index in [2.05, 4.69) is 24.4 Å². The maximum Gasteiger partial charge on any atom is 0.227 e. The molecule has 4 nitrogen and oxygen atoms in total. The van der Waals surface area contributed by atoms with Gasteiger partial charge in [0.1, 0.15) is 0 Å². The van der Waals surface area contributed by atoms with Gasteiger partial charge in [-0.25, -0.2) is 0 Å². The number of thioether (sulfide) groups is 1. The zero-order chi connectivity index (χ0) is 15.1. The number of halogens is 1. The minimum absolute atomic E-state index is 0. The number of amides is 1. The van der Waals surface area contributed by atoms with Gasteiger partial charge in [-0.05, 0) is 25.0 Å². The average molecular weight is 345 g/mol. The molecule has 1 atom stereocenters. The van der Waals surface area contributed by atoms with Gasteiger partial charge in [0.05, 0.1) is 5.41 Å². The van der Waals surface area contributed by atoms with Crippen molar-refractivity contribution in [1.29, 1.82) is 0 Å². The first-order valence-electron chi connectivity index (χ1n) is 7.44. The SMILES string of the molecule is CC(CNC(=O)C1(CN)CCOCC1)Sc1ccccc1.Cl. The molecule has 0 radical (unpaired) electrons. The van der Waals surface area contributed by atoms with Gasteiger partial charge in [-0.3, -0.25) is 4.79 Å². The van der Waals surface area contributed by atoms with Gasteiger partial charge in [0.15, 0.2) is 0 Å². The number of carbonyl (C=O) groups is 1. The third-order valence-corrected chi connectivity index (χ3v) is 5.07. The van der Waals surface area contributed by atoms with Gasteiger partial charge in [0, 0.05) is 36.4 Å². The molecule has 0 aliphatic carbocycles. The Morgan fingerprint density at radius 1 is 1.36 bits per heavy atom. The monoisotopic (exact) mass is 344 g/mol. The number of carbonyl (C=O) groups excluding carboxylic acids is 1. The third kappa shape index (κ3) is 5.16. The summed E-state index contributed by atoms with van der Waals surface area (Å²) in [6.45, 7) is 4.42. The van der Waals surface area contributed by atoms with Crippen molar-refractivity contribution in [3.63, 3.8) is 0 Å². The summed E-state index contributed by atoms with van der Waals surface area (Å²) in [5, 5.41) is 3.39. The standard InChI is InChI=1S/C16H24N2O2S.ClH/c1-13(21-14-5-3-2-4-6-14)11-18-15(19)16(12-17)7-9-20-10-8-16;/h2-6,13H,7-12,17H2,1H3,(H,18,19);1H. The lowest BCUT2D eigenvalue weighted by Gasteiger charge is -2.34. The fourth-order valence-corrected chi connectivity index (χ4v) is 3.43. The summed E-state index contributed by atoms with van der Waals surface area (Å²) in [5.74, 6) is 0.0776. The second-order valence-corrected chi connectivity index (χ2v) is 7.06. The van der Waals surface area contributed by atoms with Crippen LogP contribution in [0.4, 0.5) is 0 Å². The second-order valence-electron chi connectivity index (χ2n) is 5.55. The van der Waals surface area contributed by atoms with Crippen LogP contribution >= 0.6 is 24.2 Å². The first-order valence-corrected chi connectivity index (χ1v) is 8.32. The van der Waals surface area contributed by atoms with Gasteiger partial charge in [-0.1, -0.05) is 25.1 Å². The van der Waals surface area contributed by atoms with E-state index in [9.17, 15) is 4.79 Å². The maximum atomic E-state index is 12.5. The van der Waals surface area contributed by atoms with Crippen molar-refractivity contribution in [1.82, 2.24) is 5.32 Å². The predicted octanol–water partition coefficient (Wildman–Crippen LogP) is 2.46. The number of hydrogen-bond donors (Lipinski definition) is 2. The largest absolute Gasteiger partial charge is 0.381 e. The van der Waals surface area contributed by atoms with Crippen molar-refractivity contribution in [2.24, 2.45) is 11.1 Å². The fraction of sp³-hybridized carbons (Fsp3) is 0.562. The Morgan fingerprint density at radius 3 is 2.59 bits per heavy atom. The number of rotatable bonds is 6. The van der Waals surface area contributed by atoms with Crippen LogP contribution in [-0.4, -0.2) is 37.5 Å². The Balaban J connectivity index is 0.00000242. The first-order chi connectivity index (χ1) is 10.2. The maximum absolute atomic E-state index is 12.5. The van der Waals surface area contributed by atoms with Crippen LogP contribution in [0.5, 0.6) is 0 Å². The molecule has 6 heteroatoms. The minimum atomic E-state index is -0.435. The summed E-state index contributed by atoms with van der Waals surface area (Å²) in [4.78, 5) is 13.7. The van der Waals surface area contributed by atoms with E-state index in [4.69, 9.17) is 10.5 Å². The molecular formula is C16H25ClN2O2S. The quantitative estimate of drug-likeness (QED) is 0.778. The van der Waals surface area contributed by atoms with Crippen LogP contribution in [0, 0.1) is 5.41 Å². The van der Waals surface area contributed by atoms with E-state index in [0.717, 1.165) is 12.8 Å². The molecule has 124 valence electrons. The molecule has 0 aromatic heterocycles. The van der Waals surface area contributed by atoms with E-state index in [1.54, 1.807) is 11.8 Å². The number of hydrogen-bond acceptors (Lipinski definition) is 4. The first kappa shape index (κ1) is 19.3. The molecule has 3 N–H and O–H groups in total.